The summed E-state index contributed by atoms with van der Waals surface area (Å²) in [4.78, 5) is 5.48. The molecule has 0 saturated heterocycles. The number of hydrogen-bond donors (Lipinski definition) is 1. The predicted octanol–water partition coefficient (Wildman–Crippen LogP) is 3.65. The van der Waals surface area contributed by atoms with Gasteiger partial charge in [-0.1, -0.05) is 11.2 Å². The summed E-state index contributed by atoms with van der Waals surface area (Å²) in [5.41, 5.74) is 9.57. The number of benzene rings is 1. The van der Waals surface area contributed by atoms with E-state index in [-0.39, 0.29) is 6.04 Å². The fraction of sp³-hybridized carbons (Fsp3) is 0.200. The third-order valence-electron chi connectivity index (χ3n) is 3.64. The fourth-order valence-corrected chi connectivity index (χ4v) is 3.97. The Balaban J connectivity index is 1.69. The summed E-state index contributed by atoms with van der Waals surface area (Å²) in [7, 11) is 0. The minimum Gasteiger partial charge on any atom is -0.334 e. The quantitative estimate of drug-likeness (QED) is 0.756. The molecule has 4 rings (SSSR count). The number of nitrogens with two attached hydrogens (primary N) is 1. The van der Waals surface area contributed by atoms with E-state index < -0.39 is 0 Å². The molecule has 3 aromatic rings. The van der Waals surface area contributed by atoms with Gasteiger partial charge in [-0.25, -0.2) is 0 Å². The Kier molecular flexibility index (Phi) is 3.17. The first-order valence-corrected chi connectivity index (χ1v) is 8.27. The molecule has 0 saturated carbocycles. The predicted molar refractivity (Wildman–Crippen MR) is 86.1 cm³/mol. The highest BCUT2D eigenvalue weighted by molar-refractivity contribution is 9.11. The molecule has 1 aromatic carbocycles. The molecule has 1 aliphatic rings. The van der Waals surface area contributed by atoms with Crippen LogP contribution in [0.3, 0.4) is 0 Å². The minimum atomic E-state index is 0.233. The second kappa shape index (κ2) is 5.05. The van der Waals surface area contributed by atoms with E-state index in [4.69, 9.17) is 10.3 Å². The summed E-state index contributed by atoms with van der Waals surface area (Å²) in [6.07, 6.45) is 1.87. The zero-order valence-electron chi connectivity index (χ0n) is 11.0. The number of halogens is 1. The summed E-state index contributed by atoms with van der Waals surface area (Å²) in [5.74, 6) is 1.18. The van der Waals surface area contributed by atoms with Crippen LogP contribution in [0.4, 0.5) is 0 Å². The van der Waals surface area contributed by atoms with Crippen molar-refractivity contribution in [2.75, 3.05) is 0 Å². The van der Waals surface area contributed by atoms with Crippen molar-refractivity contribution in [1.82, 2.24) is 10.1 Å². The molecule has 106 valence electrons. The number of aromatic nitrogens is 2. The Hall–Kier alpha value is -1.50. The number of nitrogens with zero attached hydrogens (tertiary/aromatic N) is 2. The van der Waals surface area contributed by atoms with Crippen molar-refractivity contribution in [3.05, 3.63) is 45.2 Å². The standard InChI is InChI=1S/C15H12BrN3OS/c16-13-4-3-12(21-13)14-18-15(20-19-14)9-2-1-8-6-11(17)7-10(8)5-9/h1-5,11H,6-7,17H2. The third-order valence-corrected chi connectivity index (χ3v) is 5.26. The van der Waals surface area contributed by atoms with Crippen molar-refractivity contribution >= 4 is 27.3 Å². The number of thiophene rings is 1. The van der Waals surface area contributed by atoms with Gasteiger partial charge in [-0.15, -0.1) is 11.3 Å². The van der Waals surface area contributed by atoms with Crippen LogP contribution in [-0.4, -0.2) is 16.2 Å². The molecular formula is C15H12BrN3OS. The fourth-order valence-electron chi connectivity index (χ4n) is 2.66. The maximum atomic E-state index is 6.00. The third kappa shape index (κ3) is 2.43. The van der Waals surface area contributed by atoms with Gasteiger partial charge in [0.25, 0.3) is 5.89 Å². The average Bonchev–Trinajstić information content (AvgIpc) is 3.15. The van der Waals surface area contributed by atoms with Gasteiger partial charge in [0.15, 0.2) is 0 Å². The summed E-state index contributed by atoms with van der Waals surface area (Å²) < 4.78 is 6.45. The van der Waals surface area contributed by atoms with Gasteiger partial charge in [0.05, 0.1) is 8.66 Å². The van der Waals surface area contributed by atoms with Gasteiger partial charge in [0.1, 0.15) is 0 Å². The van der Waals surface area contributed by atoms with Gasteiger partial charge in [-0.2, -0.15) is 4.98 Å². The first kappa shape index (κ1) is 13.2. The average molecular weight is 362 g/mol. The molecule has 0 amide bonds. The van der Waals surface area contributed by atoms with Gasteiger partial charge >= 0.3 is 0 Å². The lowest BCUT2D eigenvalue weighted by Gasteiger charge is -2.00. The Morgan fingerprint density at radius 3 is 2.86 bits per heavy atom. The molecule has 6 heteroatoms. The second-order valence-corrected chi connectivity index (χ2v) is 7.64. The molecule has 0 aliphatic heterocycles. The summed E-state index contributed by atoms with van der Waals surface area (Å²) in [6.45, 7) is 0. The molecule has 2 aromatic heterocycles. The topological polar surface area (TPSA) is 64.9 Å². The van der Waals surface area contributed by atoms with Crippen LogP contribution in [0.15, 0.2) is 38.6 Å². The van der Waals surface area contributed by atoms with Crippen LogP contribution < -0.4 is 5.73 Å². The van der Waals surface area contributed by atoms with E-state index in [0.717, 1.165) is 27.1 Å². The highest BCUT2D eigenvalue weighted by atomic mass is 79.9. The van der Waals surface area contributed by atoms with Gasteiger partial charge in [0.2, 0.25) is 5.82 Å². The van der Waals surface area contributed by atoms with E-state index >= 15 is 0 Å². The maximum Gasteiger partial charge on any atom is 0.258 e. The normalized spacial score (nSPS) is 17.1. The molecule has 1 aliphatic carbocycles. The second-order valence-electron chi connectivity index (χ2n) is 5.18. The zero-order valence-corrected chi connectivity index (χ0v) is 13.4. The summed E-state index contributed by atoms with van der Waals surface area (Å²) in [5, 5.41) is 4.06. The molecule has 1 unspecified atom stereocenters. The van der Waals surface area contributed by atoms with Crippen LogP contribution >= 0.6 is 27.3 Å². The number of rotatable bonds is 2. The minimum absolute atomic E-state index is 0.233. The summed E-state index contributed by atoms with van der Waals surface area (Å²) >= 11 is 5.03. The lowest BCUT2D eigenvalue weighted by Crippen LogP contribution is -2.18. The van der Waals surface area contributed by atoms with E-state index in [1.807, 2.05) is 18.2 Å². The Morgan fingerprint density at radius 1 is 1.19 bits per heavy atom. The molecule has 4 nitrogen and oxygen atoms in total. The monoisotopic (exact) mass is 361 g/mol. The van der Waals surface area contributed by atoms with Crippen LogP contribution in [0, 0.1) is 0 Å². The molecule has 21 heavy (non-hydrogen) atoms. The molecule has 2 heterocycles. The largest absolute Gasteiger partial charge is 0.334 e. The van der Waals surface area contributed by atoms with Crippen LogP contribution in [0.2, 0.25) is 0 Å². The van der Waals surface area contributed by atoms with Gasteiger partial charge in [0, 0.05) is 11.6 Å². The van der Waals surface area contributed by atoms with Gasteiger partial charge in [-0.3, -0.25) is 0 Å². The van der Waals surface area contributed by atoms with Crippen molar-refractivity contribution in [1.29, 1.82) is 0 Å². The van der Waals surface area contributed by atoms with Crippen LogP contribution in [0.25, 0.3) is 22.2 Å². The van der Waals surface area contributed by atoms with Gasteiger partial charge < -0.3 is 10.3 Å². The van der Waals surface area contributed by atoms with E-state index in [2.05, 4.69) is 38.2 Å². The molecule has 0 fully saturated rings. The van der Waals surface area contributed by atoms with Crippen LogP contribution in [-0.2, 0) is 12.8 Å². The van der Waals surface area contributed by atoms with E-state index in [0.29, 0.717) is 11.7 Å². The van der Waals surface area contributed by atoms with E-state index in [1.54, 1.807) is 11.3 Å². The Bertz CT molecular complexity index is 811. The first-order chi connectivity index (χ1) is 10.2. The zero-order chi connectivity index (χ0) is 14.4. The number of fused-ring (bicyclic) bond motifs is 1. The molecule has 1 atom stereocenters. The molecule has 0 radical (unpaired) electrons. The highest BCUT2D eigenvalue weighted by Gasteiger charge is 2.20. The lowest BCUT2D eigenvalue weighted by atomic mass is 10.1. The van der Waals surface area contributed by atoms with E-state index in [9.17, 15) is 0 Å². The lowest BCUT2D eigenvalue weighted by molar-refractivity contribution is 0.432. The number of hydrogen-bond acceptors (Lipinski definition) is 5. The Morgan fingerprint density at radius 2 is 2.05 bits per heavy atom. The first-order valence-electron chi connectivity index (χ1n) is 6.66. The molecule has 2 N–H and O–H groups in total. The van der Waals surface area contributed by atoms with Crippen molar-refractivity contribution in [3.63, 3.8) is 0 Å². The SMILES string of the molecule is NC1Cc2ccc(-c3nc(-c4ccc(Br)s4)no3)cc2C1. The van der Waals surface area contributed by atoms with Crippen molar-refractivity contribution in [2.45, 2.75) is 18.9 Å². The Labute approximate surface area is 134 Å². The smallest absolute Gasteiger partial charge is 0.258 e. The van der Waals surface area contributed by atoms with Gasteiger partial charge in [-0.05, 0) is 64.2 Å². The molecule has 0 bridgehead atoms. The summed E-state index contributed by atoms with van der Waals surface area (Å²) in [6, 6.07) is 10.4. The maximum absolute atomic E-state index is 6.00. The molecule has 0 spiro atoms. The molecular weight excluding hydrogens is 350 g/mol. The van der Waals surface area contributed by atoms with Crippen molar-refractivity contribution < 1.29 is 4.52 Å². The van der Waals surface area contributed by atoms with Crippen LogP contribution in [0.1, 0.15) is 11.1 Å². The van der Waals surface area contributed by atoms with Crippen molar-refractivity contribution in [3.8, 4) is 22.2 Å². The van der Waals surface area contributed by atoms with E-state index in [1.165, 1.54) is 11.1 Å². The van der Waals surface area contributed by atoms with Crippen LogP contribution in [0.5, 0.6) is 0 Å². The van der Waals surface area contributed by atoms with Crippen molar-refractivity contribution in [2.24, 2.45) is 5.73 Å². The highest BCUT2D eigenvalue weighted by Crippen LogP contribution is 2.32.